The number of rotatable bonds is 2. The number of nitrogens with one attached hydrogen (secondary N) is 1. The molecule has 90 valence electrons. The zero-order valence-corrected chi connectivity index (χ0v) is 10.4. The Labute approximate surface area is 109 Å². The Balaban J connectivity index is 2.13. The van der Waals surface area contributed by atoms with Crippen molar-refractivity contribution in [2.75, 3.05) is 12.4 Å². The van der Waals surface area contributed by atoms with E-state index in [2.05, 4.69) is 15.3 Å². The molecule has 0 bridgehead atoms. The van der Waals surface area contributed by atoms with Crippen LogP contribution >= 0.6 is 11.6 Å². The van der Waals surface area contributed by atoms with Gasteiger partial charge in [0, 0.05) is 23.7 Å². The van der Waals surface area contributed by atoms with Crippen LogP contribution in [0.15, 0.2) is 40.9 Å². The van der Waals surface area contributed by atoms with Gasteiger partial charge in [-0.1, -0.05) is 11.6 Å². The fourth-order valence-electron chi connectivity index (χ4n) is 1.76. The molecule has 3 aromatic rings. The van der Waals surface area contributed by atoms with Gasteiger partial charge in [0.1, 0.15) is 11.3 Å². The average Bonchev–Trinajstić information content (AvgIpc) is 2.81. The van der Waals surface area contributed by atoms with Crippen molar-refractivity contribution in [1.82, 2.24) is 9.97 Å². The molecular weight excluding hydrogens is 250 g/mol. The number of aromatic nitrogens is 2. The highest BCUT2D eigenvalue weighted by Crippen LogP contribution is 2.28. The molecule has 3 rings (SSSR count). The smallest absolute Gasteiger partial charge is 0.223 e. The molecule has 2 aromatic heterocycles. The fourth-order valence-corrected chi connectivity index (χ4v) is 1.94. The first-order valence-electron chi connectivity index (χ1n) is 5.46. The van der Waals surface area contributed by atoms with Crippen LogP contribution < -0.4 is 5.32 Å². The number of hydrogen-bond donors (Lipinski definition) is 1. The topological polar surface area (TPSA) is 51.0 Å². The van der Waals surface area contributed by atoms with E-state index in [1.54, 1.807) is 25.4 Å². The van der Waals surface area contributed by atoms with Crippen molar-refractivity contribution in [2.45, 2.75) is 0 Å². The van der Waals surface area contributed by atoms with Crippen LogP contribution in [-0.4, -0.2) is 17.0 Å². The Bertz CT molecular complexity index is 708. The zero-order valence-electron chi connectivity index (χ0n) is 9.64. The Morgan fingerprint density at radius 1 is 1.22 bits per heavy atom. The van der Waals surface area contributed by atoms with E-state index < -0.39 is 0 Å². The minimum Gasteiger partial charge on any atom is -0.454 e. The highest BCUT2D eigenvalue weighted by Gasteiger charge is 2.08. The molecular formula is C13H10ClN3O. The molecule has 5 heteroatoms. The Morgan fingerprint density at radius 2 is 2.11 bits per heavy atom. The van der Waals surface area contributed by atoms with E-state index in [1.165, 1.54) is 0 Å². The molecule has 0 saturated heterocycles. The molecule has 0 atom stereocenters. The van der Waals surface area contributed by atoms with E-state index in [-0.39, 0.29) is 0 Å². The van der Waals surface area contributed by atoms with Crippen molar-refractivity contribution in [1.29, 1.82) is 0 Å². The molecule has 0 radical (unpaired) electrons. The van der Waals surface area contributed by atoms with Crippen molar-refractivity contribution in [3.8, 4) is 11.5 Å². The first-order valence-corrected chi connectivity index (χ1v) is 5.84. The summed E-state index contributed by atoms with van der Waals surface area (Å²) >= 11 is 5.94. The van der Waals surface area contributed by atoms with Crippen LogP contribution in [0.5, 0.6) is 0 Å². The standard InChI is InChI=1S/C13H10ClN3O/c1-15-13-16-5-4-10(17-13)12-7-8-6-9(14)2-3-11(8)18-12/h2-7H,1H3,(H,15,16,17). The van der Waals surface area contributed by atoms with Crippen LogP contribution in [0.2, 0.25) is 5.02 Å². The summed E-state index contributed by atoms with van der Waals surface area (Å²) in [5.41, 5.74) is 1.53. The number of nitrogens with zero attached hydrogens (tertiary/aromatic N) is 2. The van der Waals surface area contributed by atoms with E-state index in [4.69, 9.17) is 16.0 Å². The normalized spacial score (nSPS) is 10.8. The van der Waals surface area contributed by atoms with Crippen LogP contribution in [0.4, 0.5) is 5.95 Å². The molecule has 1 N–H and O–H groups in total. The summed E-state index contributed by atoms with van der Waals surface area (Å²) in [6, 6.07) is 9.24. The molecule has 0 fully saturated rings. The number of benzene rings is 1. The lowest BCUT2D eigenvalue weighted by atomic mass is 10.2. The van der Waals surface area contributed by atoms with Gasteiger partial charge in [-0.2, -0.15) is 0 Å². The molecule has 0 spiro atoms. The predicted molar refractivity (Wildman–Crippen MR) is 71.8 cm³/mol. The quantitative estimate of drug-likeness (QED) is 0.764. The van der Waals surface area contributed by atoms with Crippen LogP contribution in [0.3, 0.4) is 0 Å². The van der Waals surface area contributed by atoms with Gasteiger partial charge >= 0.3 is 0 Å². The van der Waals surface area contributed by atoms with Gasteiger partial charge in [-0.3, -0.25) is 0 Å². The van der Waals surface area contributed by atoms with E-state index in [1.807, 2.05) is 18.2 Å². The second kappa shape index (κ2) is 4.31. The molecule has 0 saturated carbocycles. The van der Waals surface area contributed by atoms with E-state index in [9.17, 15) is 0 Å². The van der Waals surface area contributed by atoms with Gasteiger partial charge in [0.05, 0.1) is 0 Å². The van der Waals surface area contributed by atoms with Crippen molar-refractivity contribution in [3.63, 3.8) is 0 Å². The summed E-state index contributed by atoms with van der Waals surface area (Å²) in [5, 5.41) is 4.54. The van der Waals surface area contributed by atoms with Crippen molar-refractivity contribution in [2.24, 2.45) is 0 Å². The van der Waals surface area contributed by atoms with Gasteiger partial charge in [0.2, 0.25) is 5.95 Å². The summed E-state index contributed by atoms with van der Waals surface area (Å²) in [7, 11) is 1.78. The average molecular weight is 260 g/mol. The van der Waals surface area contributed by atoms with Crippen LogP contribution in [0.1, 0.15) is 0 Å². The maximum Gasteiger partial charge on any atom is 0.223 e. The van der Waals surface area contributed by atoms with E-state index in [0.29, 0.717) is 16.7 Å². The van der Waals surface area contributed by atoms with Crippen molar-refractivity contribution >= 4 is 28.5 Å². The van der Waals surface area contributed by atoms with Gasteiger partial charge in [-0.05, 0) is 30.3 Å². The van der Waals surface area contributed by atoms with Crippen molar-refractivity contribution < 1.29 is 4.42 Å². The number of hydrogen-bond acceptors (Lipinski definition) is 4. The summed E-state index contributed by atoms with van der Waals surface area (Å²) in [6.45, 7) is 0. The molecule has 2 heterocycles. The third-order valence-corrected chi connectivity index (χ3v) is 2.85. The number of halogens is 1. The molecule has 0 unspecified atom stereocenters. The van der Waals surface area contributed by atoms with Crippen molar-refractivity contribution in [3.05, 3.63) is 41.6 Å². The lowest BCUT2D eigenvalue weighted by Crippen LogP contribution is -1.95. The first kappa shape index (κ1) is 11.0. The molecule has 0 aliphatic heterocycles. The number of fused-ring (bicyclic) bond motifs is 1. The van der Waals surface area contributed by atoms with Gasteiger partial charge < -0.3 is 9.73 Å². The second-order valence-corrected chi connectivity index (χ2v) is 4.24. The summed E-state index contributed by atoms with van der Waals surface area (Å²) in [6.07, 6.45) is 1.69. The van der Waals surface area contributed by atoms with Gasteiger partial charge in [0.15, 0.2) is 5.76 Å². The lowest BCUT2D eigenvalue weighted by molar-refractivity contribution is 0.628. The molecule has 0 aliphatic carbocycles. The molecule has 1 aromatic carbocycles. The van der Waals surface area contributed by atoms with Crippen LogP contribution in [0, 0.1) is 0 Å². The SMILES string of the molecule is CNc1nccc(-c2cc3cc(Cl)ccc3o2)n1. The van der Waals surface area contributed by atoms with Crippen LogP contribution in [-0.2, 0) is 0 Å². The number of furan rings is 1. The van der Waals surface area contributed by atoms with E-state index >= 15 is 0 Å². The summed E-state index contributed by atoms with van der Waals surface area (Å²) in [5.74, 6) is 1.26. The maximum atomic E-state index is 5.94. The lowest BCUT2D eigenvalue weighted by Gasteiger charge is -1.99. The highest BCUT2D eigenvalue weighted by molar-refractivity contribution is 6.31. The van der Waals surface area contributed by atoms with Gasteiger partial charge in [0.25, 0.3) is 0 Å². The maximum absolute atomic E-state index is 5.94. The largest absolute Gasteiger partial charge is 0.454 e. The highest BCUT2D eigenvalue weighted by atomic mass is 35.5. The molecule has 0 aliphatic rings. The van der Waals surface area contributed by atoms with Crippen LogP contribution in [0.25, 0.3) is 22.4 Å². The monoisotopic (exact) mass is 259 g/mol. The molecule has 4 nitrogen and oxygen atoms in total. The minimum absolute atomic E-state index is 0.561. The van der Waals surface area contributed by atoms with E-state index in [0.717, 1.165) is 16.7 Å². The summed E-state index contributed by atoms with van der Waals surface area (Å²) < 4.78 is 5.73. The third kappa shape index (κ3) is 1.91. The predicted octanol–water partition coefficient (Wildman–Crippen LogP) is 3.58. The zero-order chi connectivity index (χ0) is 12.5. The Hall–Kier alpha value is -2.07. The Morgan fingerprint density at radius 3 is 2.94 bits per heavy atom. The van der Waals surface area contributed by atoms with Gasteiger partial charge in [-0.25, -0.2) is 9.97 Å². The molecule has 0 amide bonds. The first-order chi connectivity index (χ1) is 8.76. The fraction of sp³-hybridized carbons (Fsp3) is 0.0769. The summed E-state index contributed by atoms with van der Waals surface area (Å²) in [4.78, 5) is 8.40. The number of anilines is 1. The van der Waals surface area contributed by atoms with Gasteiger partial charge in [-0.15, -0.1) is 0 Å². The Kier molecular flexibility index (Phi) is 2.64. The third-order valence-electron chi connectivity index (χ3n) is 2.61. The second-order valence-electron chi connectivity index (χ2n) is 3.81. The minimum atomic E-state index is 0.561. The molecule has 18 heavy (non-hydrogen) atoms.